The van der Waals surface area contributed by atoms with Crippen molar-refractivity contribution in [1.82, 2.24) is 0 Å². The zero-order valence-corrected chi connectivity index (χ0v) is 30.4. The summed E-state index contributed by atoms with van der Waals surface area (Å²) in [5.41, 5.74) is 8.11. The molecule has 0 bridgehead atoms. The third kappa shape index (κ3) is 6.20. The van der Waals surface area contributed by atoms with Crippen molar-refractivity contribution in [3.63, 3.8) is 0 Å². The number of aryl methyl sites for hydroxylation is 2. The first-order chi connectivity index (χ1) is 21.1. The molecule has 0 atom stereocenters. The van der Waals surface area contributed by atoms with Gasteiger partial charge < -0.3 is 0 Å². The summed E-state index contributed by atoms with van der Waals surface area (Å²) < 4.78 is 0. The summed E-state index contributed by atoms with van der Waals surface area (Å²) in [6.07, 6.45) is 0. The largest absolute Gasteiger partial charge is 0.149 e. The Hall–Kier alpha value is -3.85. The first-order valence-corrected chi connectivity index (χ1v) is 17.0. The standard InChI is InChI=1S/2C20H15.C2H6Si.Hf/c2*1-14-13-16-8-3-5-11-18(16)20(14)19-12-6-9-15-7-2-4-10-17(15)19;1-3-2;/h2*2-13H,1H3;1-2H3;/q2*-1;;. The van der Waals surface area contributed by atoms with Gasteiger partial charge in [0.2, 0.25) is 0 Å². The van der Waals surface area contributed by atoms with Gasteiger partial charge in [0.25, 0.3) is 0 Å². The van der Waals surface area contributed by atoms with E-state index < -0.39 is 0 Å². The Balaban J connectivity index is 0.000000157. The normalized spacial score (nSPS) is 10.6. The quantitative estimate of drug-likeness (QED) is 0.122. The summed E-state index contributed by atoms with van der Waals surface area (Å²) in [4.78, 5) is 0. The van der Waals surface area contributed by atoms with Crippen molar-refractivity contribution in [2.75, 3.05) is 0 Å². The Morgan fingerprint density at radius 1 is 0.409 bits per heavy atom. The van der Waals surface area contributed by atoms with E-state index in [4.69, 9.17) is 0 Å². The van der Waals surface area contributed by atoms with Crippen molar-refractivity contribution < 1.29 is 25.8 Å². The third-order valence-electron chi connectivity index (χ3n) is 8.11. The SMILES string of the molecule is C[Si]C.Cc1[cH-]c2ccccc2c1-c1cccc2ccccc12.Cc1[cH-]c2ccccc2c1-c1cccc2ccccc12.[Hf]. The van der Waals surface area contributed by atoms with Gasteiger partial charge >= 0.3 is 0 Å². The van der Waals surface area contributed by atoms with Gasteiger partial charge in [0.1, 0.15) is 0 Å². The molecule has 0 saturated heterocycles. The van der Waals surface area contributed by atoms with Gasteiger partial charge in [-0.2, -0.15) is 0 Å². The molecule has 0 unspecified atom stereocenters. The number of hydrogen-bond donors (Lipinski definition) is 0. The molecule has 0 spiro atoms. The molecule has 0 aliphatic carbocycles. The van der Waals surface area contributed by atoms with Gasteiger partial charge in [-0.3, -0.25) is 0 Å². The molecule has 0 saturated carbocycles. The van der Waals surface area contributed by atoms with Crippen molar-refractivity contribution in [2.45, 2.75) is 26.9 Å². The van der Waals surface area contributed by atoms with Crippen LogP contribution in [0.1, 0.15) is 11.1 Å². The molecule has 0 heterocycles. The van der Waals surface area contributed by atoms with E-state index in [-0.39, 0.29) is 25.8 Å². The van der Waals surface area contributed by atoms with E-state index in [1.807, 2.05) is 0 Å². The van der Waals surface area contributed by atoms with Crippen LogP contribution in [-0.4, -0.2) is 9.52 Å². The van der Waals surface area contributed by atoms with Gasteiger partial charge in [-0.15, -0.1) is 92.3 Å². The summed E-state index contributed by atoms with van der Waals surface area (Å²) in [6.45, 7) is 8.72. The Morgan fingerprint density at radius 3 is 1.14 bits per heavy atom. The Bertz CT molecular complexity index is 2000. The molecular weight excluding hydrogens is 711 g/mol. The second kappa shape index (κ2) is 14.3. The minimum Gasteiger partial charge on any atom is -0.149 e. The summed E-state index contributed by atoms with van der Waals surface area (Å²) in [5.74, 6) is 0. The maximum atomic E-state index is 2.28. The van der Waals surface area contributed by atoms with Crippen molar-refractivity contribution in [3.8, 4) is 22.3 Å². The van der Waals surface area contributed by atoms with Crippen molar-refractivity contribution in [2.24, 2.45) is 0 Å². The fourth-order valence-corrected chi connectivity index (χ4v) is 6.34. The minimum absolute atomic E-state index is 0. The molecule has 0 amide bonds. The van der Waals surface area contributed by atoms with Crippen LogP contribution in [0.15, 0.2) is 146 Å². The molecule has 44 heavy (non-hydrogen) atoms. The van der Waals surface area contributed by atoms with Crippen LogP contribution >= 0.6 is 0 Å². The number of fused-ring (bicyclic) bond motifs is 4. The zero-order valence-electron chi connectivity index (χ0n) is 25.9. The third-order valence-corrected chi connectivity index (χ3v) is 8.11. The molecule has 2 radical (unpaired) electrons. The van der Waals surface area contributed by atoms with Gasteiger partial charge in [0, 0.05) is 35.4 Å². The summed E-state index contributed by atoms with van der Waals surface area (Å²) >= 11 is 0. The molecule has 0 aliphatic heterocycles. The topological polar surface area (TPSA) is 0 Å². The molecule has 214 valence electrons. The summed E-state index contributed by atoms with van der Waals surface area (Å²) in [6, 6.07) is 52.2. The van der Waals surface area contributed by atoms with E-state index in [2.05, 4.69) is 173 Å². The van der Waals surface area contributed by atoms with Crippen molar-refractivity contribution in [3.05, 3.63) is 157 Å². The van der Waals surface area contributed by atoms with Crippen LogP contribution in [0.3, 0.4) is 0 Å². The van der Waals surface area contributed by atoms with Gasteiger partial charge in [-0.05, 0) is 21.5 Å². The molecule has 0 N–H and O–H groups in total. The van der Waals surface area contributed by atoms with Crippen LogP contribution in [0.5, 0.6) is 0 Å². The van der Waals surface area contributed by atoms with E-state index in [0.29, 0.717) is 0 Å². The first kappa shape index (κ1) is 31.6. The first-order valence-electron chi connectivity index (χ1n) is 15.0. The second-order valence-corrected chi connectivity index (χ2v) is 12.1. The van der Waals surface area contributed by atoms with Gasteiger partial charge in [-0.25, -0.2) is 0 Å². The van der Waals surface area contributed by atoms with E-state index in [1.165, 1.54) is 76.5 Å². The Morgan fingerprint density at radius 2 is 0.727 bits per heavy atom. The smallest absolute Gasteiger partial charge is 0.0307 e. The van der Waals surface area contributed by atoms with Crippen molar-refractivity contribution in [1.29, 1.82) is 0 Å². The fraction of sp³-hybridized carbons (Fsp3) is 0.0952. The Labute approximate surface area is 282 Å². The van der Waals surface area contributed by atoms with Crippen LogP contribution in [0.4, 0.5) is 0 Å². The molecule has 8 aromatic rings. The molecule has 2 heteroatoms. The van der Waals surface area contributed by atoms with Crippen LogP contribution in [0.25, 0.3) is 65.3 Å². The van der Waals surface area contributed by atoms with Crippen LogP contribution in [-0.2, 0) is 25.8 Å². The van der Waals surface area contributed by atoms with Crippen LogP contribution in [0.2, 0.25) is 13.1 Å². The number of rotatable bonds is 2. The predicted molar refractivity (Wildman–Crippen MR) is 192 cm³/mol. The molecule has 0 aliphatic rings. The monoisotopic (exact) mass is 748 g/mol. The van der Waals surface area contributed by atoms with E-state index in [9.17, 15) is 0 Å². The predicted octanol–water partition coefficient (Wildman–Crippen LogP) is 12.2. The average molecular weight is 747 g/mol. The number of benzene rings is 6. The summed E-state index contributed by atoms with van der Waals surface area (Å²) in [5, 5.41) is 10.6. The van der Waals surface area contributed by atoms with Gasteiger partial charge in [-0.1, -0.05) is 135 Å². The maximum absolute atomic E-state index is 2.28. The van der Waals surface area contributed by atoms with E-state index in [1.54, 1.807) is 0 Å². The molecular formula is C42H36HfSi-2. The fourth-order valence-electron chi connectivity index (χ4n) is 6.34. The molecule has 0 nitrogen and oxygen atoms in total. The molecule has 0 fully saturated rings. The number of hydrogen-bond acceptors (Lipinski definition) is 0. The van der Waals surface area contributed by atoms with Gasteiger partial charge in [0.15, 0.2) is 0 Å². The summed E-state index contributed by atoms with van der Waals surface area (Å²) in [7, 11) is 1.08. The molecule has 8 aromatic carbocycles. The molecule has 8 rings (SSSR count). The Kier molecular flexibility index (Phi) is 10.2. The van der Waals surface area contributed by atoms with Crippen molar-refractivity contribution >= 4 is 52.6 Å². The van der Waals surface area contributed by atoms with Gasteiger partial charge in [0.05, 0.1) is 0 Å². The van der Waals surface area contributed by atoms with Crippen LogP contribution < -0.4 is 0 Å². The van der Waals surface area contributed by atoms with E-state index in [0.717, 1.165) is 9.52 Å². The van der Waals surface area contributed by atoms with E-state index >= 15 is 0 Å². The second-order valence-electron chi connectivity index (χ2n) is 11.1. The maximum Gasteiger partial charge on any atom is 0.0307 e. The van der Waals surface area contributed by atoms with Crippen LogP contribution in [0, 0.1) is 13.8 Å². The minimum atomic E-state index is 0. The molecule has 0 aromatic heterocycles. The zero-order chi connectivity index (χ0) is 29.8. The average Bonchev–Trinajstić information content (AvgIpc) is 3.56.